The summed E-state index contributed by atoms with van der Waals surface area (Å²) in [5.41, 5.74) is 1.17. The van der Waals surface area contributed by atoms with E-state index in [0.717, 1.165) is 19.3 Å². The van der Waals surface area contributed by atoms with Gasteiger partial charge in [-0.15, -0.1) is 0 Å². The molecule has 0 aliphatic heterocycles. The first kappa shape index (κ1) is 18.6. The highest BCUT2D eigenvalue weighted by Gasteiger charge is 2.21. The number of carbonyl (C=O) groups is 2. The summed E-state index contributed by atoms with van der Waals surface area (Å²) >= 11 is 3.12. The van der Waals surface area contributed by atoms with E-state index < -0.39 is 17.9 Å². The molecule has 6 heteroatoms. The molecule has 24 heavy (non-hydrogen) atoms. The second kappa shape index (κ2) is 8.97. The number of hydrogen-bond acceptors (Lipinski definition) is 3. The molecule has 130 valence electrons. The summed E-state index contributed by atoms with van der Waals surface area (Å²) in [6, 6.07) is 4.05. The van der Waals surface area contributed by atoms with Gasteiger partial charge in [0.15, 0.2) is 6.10 Å². The molecule has 1 atom stereocenters. The molecule has 1 aromatic rings. The Hall–Kier alpha value is -1.69. The fourth-order valence-electron chi connectivity index (χ4n) is 2.55. The van der Waals surface area contributed by atoms with Crippen LogP contribution in [0.15, 0.2) is 34.3 Å². The molecule has 0 radical (unpaired) electrons. The van der Waals surface area contributed by atoms with Crippen LogP contribution in [-0.4, -0.2) is 24.5 Å². The Morgan fingerprint density at radius 3 is 2.83 bits per heavy atom. The lowest BCUT2D eigenvalue weighted by molar-refractivity contribution is -0.129. The molecule has 1 N–H and O–H groups in total. The van der Waals surface area contributed by atoms with Crippen molar-refractivity contribution in [2.45, 2.75) is 45.1 Å². The molecule has 0 fully saturated rings. The highest BCUT2D eigenvalue weighted by atomic mass is 79.9. The highest BCUT2D eigenvalue weighted by molar-refractivity contribution is 9.10. The van der Waals surface area contributed by atoms with Crippen LogP contribution in [0.2, 0.25) is 0 Å². The molecule has 2 rings (SSSR count). The molecule has 0 unspecified atom stereocenters. The van der Waals surface area contributed by atoms with Gasteiger partial charge in [0, 0.05) is 11.0 Å². The molecule has 4 nitrogen and oxygen atoms in total. The van der Waals surface area contributed by atoms with Gasteiger partial charge in [0.1, 0.15) is 5.82 Å². The van der Waals surface area contributed by atoms with E-state index in [1.807, 2.05) is 0 Å². The predicted octanol–water partition coefficient (Wildman–Crippen LogP) is 4.14. The van der Waals surface area contributed by atoms with Crippen LogP contribution in [0.5, 0.6) is 0 Å². The van der Waals surface area contributed by atoms with E-state index in [-0.39, 0.29) is 11.5 Å². The van der Waals surface area contributed by atoms with Crippen molar-refractivity contribution in [1.29, 1.82) is 0 Å². The Morgan fingerprint density at radius 2 is 2.17 bits per heavy atom. The van der Waals surface area contributed by atoms with Gasteiger partial charge in [0.05, 0.1) is 5.56 Å². The van der Waals surface area contributed by atoms with Gasteiger partial charge in [0.25, 0.3) is 5.91 Å². The smallest absolute Gasteiger partial charge is 0.341 e. The fourth-order valence-corrected chi connectivity index (χ4v) is 2.89. The highest BCUT2D eigenvalue weighted by Crippen LogP contribution is 2.19. The summed E-state index contributed by atoms with van der Waals surface area (Å²) in [6.45, 7) is 1.99. The van der Waals surface area contributed by atoms with E-state index >= 15 is 0 Å². The zero-order valence-corrected chi connectivity index (χ0v) is 15.2. The van der Waals surface area contributed by atoms with Gasteiger partial charge < -0.3 is 10.1 Å². The number of hydrogen-bond donors (Lipinski definition) is 1. The van der Waals surface area contributed by atoms with E-state index in [9.17, 15) is 14.0 Å². The van der Waals surface area contributed by atoms with Gasteiger partial charge in [-0.25, -0.2) is 9.18 Å². The van der Waals surface area contributed by atoms with Crippen molar-refractivity contribution in [3.05, 3.63) is 45.7 Å². The normalized spacial score (nSPS) is 15.4. The van der Waals surface area contributed by atoms with Crippen molar-refractivity contribution in [1.82, 2.24) is 5.32 Å². The maximum absolute atomic E-state index is 13.7. The molecule has 0 heterocycles. The number of nitrogens with one attached hydrogen (secondary N) is 1. The van der Waals surface area contributed by atoms with Crippen molar-refractivity contribution in [3.63, 3.8) is 0 Å². The Bertz CT molecular complexity index is 645. The molecule has 1 aromatic carbocycles. The zero-order chi connectivity index (χ0) is 17.5. The maximum atomic E-state index is 13.7. The molecule has 0 aromatic heterocycles. The summed E-state index contributed by atoms with van der Waals surface area (Å²) < 4.78 is 19.3. The van der Waals surface area contributed by atoms with Crippen LogP contribution < -0.4 is 5.32 Å². The Kier molecular flexibility index (Phi) is 6.97. The predicted molar refractivity (Wildman–Crippen MR) is 93.2 cm³/mol. The molecular formula is C18H21BrFNO3. The van der Waals surface area contributed by atoms with Gasteiger partial charge in [0.2, 0.25) is 0 Å². The van der Waals surface area contributed by atoms with E-state index in [1.54, 1.807) is 6.07 Å². The van der Waals surface area contributed by atoms with Crippen molar-refractivity contribution < 1.29 is 18.7 Å². The minimum absolute atomic E-state index is 0.190. The monoisotopic (exact) mass is 397 g/mol. The van der Waals surface area contributed by atoms with Crippen molar-refractivity contribution in [2.75, 3.05) is 6.54 Å². The largest absolute Gasteiger partial charge is 0.449 e. The number of esters is 1. The molecule has 0 spiro atoms. The van der Waals surface area contributed by atoms with E-state index in [4.69, 9.17) is 4.74 Å². The zero-order valence-electron chi connectivity index (χ0n) is 13.6. The number of rotatable bonds is 6. The standard InChI is InChI=1S/C18H21BrFNO3/c1-12(17(22)21-10-9-13-5-3-2-4-6-13)24-18(23)15-8-7-14(19)11-16(15)20/h5,7-8,11-12H,2-4,6,9-10H2,1H3,(H,21,22)/t12-/m0/s1. The molecule has 1 amide bonds. The Labute approximate surface area is 149 Å². The fraction of sp³-hybridized carbons (Fsp3) is 0.444. The summed E-state index contributed by atoms with van der Waals surface area (Å²) in [7, 11) is 0. The Morgan fingerprint density at radius 1 is 1.38 bits per heavy atom. The van der Waals surface area contributed by atoms with Crippen LogP contribution in [0.1, 0.15) is 49.4 Å². The second-order valence-corrected chi connectivity index (χ2v) is 6.74. The summed E-state index contributed by atoms with van der Waals surface area (Å²) in [5.74, 6) is -1.92. The third-order valence-electron chi connectivity index (χ3n) is 3.93. The topological polar surface area (TPSA) is 55.4 Å². The molecule has 1 aliphatic rings. The van der Waals surface area contributed by atoms with Crippen molar-refractivity contribution in [2.24, 2.45) is 0 Å². The van der Waals surface area contributed by atoms with Crippen LogP contribution >= 0.6 is 15.9 Å². The van der Waals surface area contributed by atoms with Gasteiger partial charge in [-0.05, 0) is 57.2 Å². The van der Waals surface area contributed by atoms with Gasteiger partial charge in [-0.2, -0.15) is 0 Å². The first-order chi connectivity index (χ1) is 11.5. The molecule has 1 aliphatic carbocycles. The van der Waals surface area contributed by atoms with Crippen LogP contribution in [0, 0.1) is 5.82 Å². The maximum Gasteiger partial charge on any atom is 0.341 e. The minimum atomic E-state index is -0.971. The number of ether oxygens (including phenoxy) is 1. The molecule has 0 bridgehead atoms. The summed E-state index contributed by atoms with van der Waals surface area (Å²) in [6.07, 6.45) is 6.70. The second-order valence-electron chi connectivity index (χ2n) is 5.82. The average Bonchev–Trinajstić information content (AvgIpc) is 2.55. The third kappa shape index (κ3) is 5.44. The van der Waals surface area contributed by atoms with Crippen LogP contribution in [0.4, 0.5) is 4.39 Å². The van der Waals surface area contributed by atoms with Crippen LogP contribution in [-0.2, 0) is 9.53 Å². The quantitative estimate of drug-likeness (QED) is 0.579. The van der Waals surface area contributed by atoms with Gasteiger partial charge in [-0.3, -0.25) is 4.79 Å². The SMILES string of the molecule is C[C@H](OC(=O)c1ccc(Br)cc1F)C(=O)NCCC1=CCCCC1. The number of halogens is 2. The third-order valence-corrected chi connectivity index (χ3v) is 4.43. The lowest BCUT2D eigenvalue weighted by atomic mass is 9.97. The summed E-state index contributed by atoms with van der Waals surface area (Å²) in [5, 5.41) is 2.75. The van der Waals surface area contributed by atoms with Crippen LogP contribution in [0.25, 0.3) is 0 Å². The Balaban J connectivity index is 1.80. The summed E-state index contributed by atoms with van der Waals surface area (Å²) in [4.78, 5) is 23.9. The van der Waals surface area contributed by atoms with Crippen molar-refractivity contribution in [3.8, 4) is 0 Å². The molecule has 0 saturated carbocycles. The molecular weight excluding hydrogens is 377 g/mol. The minimum Gasteiger partial charge on any atom is -0.449 e. The van der Waals surface area contributed by atoms with E-state index in [0.29, 0.717) is 11.0 Å². The number of benzene rings is 1. The number of allylic oxidation sites excluding steroid dienone is 1. The van der Waals surface area contributed by atoms with Crippen LogP contribution in [0.3, 0.4) is 0 Å². The van der Waals surface area contributed by atoms with E-state index in [1.165, 1.54) is 37.5 Å². The molecule has 0 saturated heterocycles. The number of carbonyl (C=O) groups excluding carboxylic acids is 2. The first-order valence-electron chi connectivity index (χ1n) is 8.09. The van der Waals surface area contributed by atoms with Gasteiger partial charge in [-0.1, -0.05) is 27.6 Å². The average molecular weight is 398 g/mol. The van der Waals surface area contributed by atoms with Crippen molar-refractivity contribution >= 4 is 27.8 Å². The van der Waals surface area contributed by atoms with Gasteiger partial charge >= 0.3 is 5.97 Å². The first-order valence-corrected chi connectivity index (χ1v) is 8.88. The number of amides is 1. The lowest BCUT2D eigenvalue weighted by Gasteiger charge is -2.16. The lowest BCUT2D eigenvalue weighted by Crippen LogP contribution is -2.36. The van der Waals surface area contributed by atoms with E-state index in [2.05, 4.69) is 27.3 Å².